The fourth-order valence-corrected chi connectivity index (χ4v) is 7.30. The van der Waals surface area contributed by atoms with E-state index in [4.69, 9.17) is 15.7 Å². The zero-order chi connectivity index (χ0) is 36.0. The van der Waals surface area contributed by atoms with Gasteiger partial charge in [0.1, 0.15) is 22.5 Å². The van der Waals surface area contributed by atoms with Gasteiger partial charge in [-0.1, -0.05) is 145 Å². The van der Waals surface area contributed by atoms with Gasteiger partial charge in [0.2, 0.25) is 0 Å². The average molecular weight is 618 g/mol. The lowest BCUT2D eigenvalue weighted by Gasteiger charge is -2.18. The Hall–Kier alpha value is -6.38. The van der Waals surface area contributed by atoms with Gasteiger partial charge < -0.3 is 8.83 Å². The van der Waals surface area contributed by atoms with Crippen LogP contribution in [0.4, 0.5) is 0 Å². The minimum Gasteiger partial charge on any atom is -0.456 e. The maximum atomic E-state index is 8.90. The quantitative estimate of drug-likeness (QED) is 0.184. The topological polar surface area (TPSA) is 26.3 Å². The first kappa shape index (κ1) is 22.2. The lowest BCUT2D eigenvalue weighted by Crippen LogP contribution is -1.91. The summed E-state index contributed by atoms with van der Waals surface area (Å²) in [5, 5.41) is 6.38. The van der Waals surface area contributed by atoms with Gasteiger partial charge in [0.05, 0.1) is 6.85 Å². The molecule has 2 nitrogen and oxygen atoms in total. The monoisotopic (exact) mass is 617 g/mol. The second-order valence-corrected chi connectivity index (χ2v) is 12.0. The van der Waals surface area contributed by atoms with Crippen molar-refractivity contribution in [1.82, 2.24) is 0 Å². The molecular weight excluding hydrogens is 585 g/mol. The van der Waals surface area contributed by atoms with Crippen molar-refractivity contribution in [3.05, 3.63) is 170 Å². The van der Waals surface area contributed by atoms with E-state index in [1.807, 2.05) is 97.1 Å². The molecule has 10 aromatic rings. The van der Waals surface area contributed by atoms with Gasteiger partial charge in [-0.3, -0.25) is 0 Å². The molecule has 0 saturated carbocycles. The Bertz CT molecular complexity index is 3040. The summed E-state index contributed by atoms with van der Waals surface area (Å²) in [5.41, 5.74) is 8.15. The number of rotatable bonds is 4. The summed E-state index contributed by atoms with van der Waals surface area (Å²) in [6.45, 7) is 0. The number of para-hydroxylation sites is 1. The molecule has 224 valence electrons. The predicted molar refractivity (Wildman–Crippen MR) is 200 cm³/mol. The number of benzene rings is 8. The highest BCUT2D eigenvalue weighted by atomic mass is 16.3. The van der Waals surface area contributed by atoms with E-state index in [2.05, 4.69) is 42.5 Å². The maximum absolute atomic E-state index is 8.90. The van der Waals surface area contributed by atoms with Gasteiger partial charge in [0.25, 0.3) is 0 Å². The third kappa shape index (κ3) is 4.06. The van der Waals surface area contributed by atoms with E-state index in [9.17, 15) is 0 Å². The lowest BCUT2D eigenvalue weighted by atomic mass is 9.85. The Morgan fingerprint density at radius 1 is 0.417 bits per heavy atom. The first-order valence-electron chi connectivity index (χ1n) is 18.4. The van der Waals surface area contributed by atoms with Gasteiger partial charge in [-0.05, 0) is 73.6 Å². The molecular formula is C46H28O2. The van der Waals surface area contributed by atoms with E-state index in [1.165, 1.54) is 0 Å². The molecule has 0 aliphatic heterocycles. The molecule has 0 bridgehead atoms. The van der Waals surface area contributed by atoms with Crippen molar-refractivity contribution in [1.29, 1.82) is 0 Å². The summed E-state index contributed by atoms with van der Waals surface area (Å²) < 4.78 is 55.9. The molecule has 2 heterocycles. The van der Waals surface area contributed by atoms with Crippen LogP contribution in [0.2, 0.25) is 0 Å². The van der Waals surface area contributed by atoms with Crippen molar-refractivity contribution < 1.29 is 15.7 Å². The van der Waals surface area contributed by atoms with Crippen molar-refractivity contribution >= 4 is 54.5 Å². The summed E-state index contributed by atoms with van der Waals surface area (Å²) in [6.07, 6.45) is 0. The molecule has 0 unspecified atom stereocenters. The molecule has 0 amide bonds. The van der Waals surface area contributed by atoms with Crippen molar-refractivity contribution in [3.8, 4) is 44.7 Å². The van der Waals surface area contributed by atoms with Crippen molar-refractivity contribution in [3.63, 3.8) is 0 Å². The minimum absolute atomic E-state index is 0.192. The second kappa shape index (κ2) is 10.6. The van der Waals surface area contributed by atoms with Gasteiger partial charge in [0, 0.05) is 27.3 Å². The molecule has 0 N–H and O–H groups in total. The second-order valence-electron chi connectivity index (χ2n) is 12.0. The zero-order valence-electron chi connectivity index (χ0n) is 30.6. The highest BCUT2D eigenvalue weighted by Gasteiger charge is 2.21. The van der Waals surface area contributed by atoms with E-state index in [0.717, 1.165) is 88.0 Å². The maximum Gasteiger partial charge on any atom is 0.143 e. The Kier molecular flexibility index (Phi) is 4.89. The van der Waals surface area contributed by atoms with E-state index in [-0.39, 0.29) is 29.7 Å². The molecule has 0 aliphatic carbocycles. The summed E-state index contributed by atoms with van der Waals surface area (Å²) >= 11 is 0. The molecule has 0 atom stereocenters. The summed E-state index contributed by atoms with van der Waals surface area (Å²) in [5.74, 6) is 0.821. The summed E-state index contributed by atoms with van der Waals surface area (Å²) in [6, 6.07) is 45.1. The smallest absolute Gasteiger partial charge is 0.143 e. The molecule has 8 aromatic carbocycles. The standard InChI is InChI=1S/C46H28O2/c1-3-13-29(14-4-1)42-28-32-27-31(25-26-40(32)47-42)33-21-11-23-39-45-38(22-12-24-41(45)48-46(33)39)44-36-19-9-7-17-34(36)43(30-15-5-2-6-16-30)35-18-8-10-20-37(35)44/h1-28H/i2D,5D,6D,15D,16D. The van der Waals surface area contributed by atoms with E-state index >= 15 is 0 Å². The van der Waals surface area contributed by atoms with Crippen LogP contribution in [0, 0.1) is 0 Å². The van der Waals surface area contributed by atoms with Crippen LogP contribution in [0.5, 0.6) is 0 Å². The molecule has 2 aromatic heterocycles. The van der Waals surface area contributed by atoms with Crippen LogP contribution in [0.1, 0.15) is 6.85 Å². The SMILES string of the molecule is [2H]c1c([2H])c([2H])c(-c2c3ccccc3c(-c3cccc4oc5c(-c6ccc7oc(-c8ccccc8)cc7c6)cccc5c34)c3ccccc23)c([2H])c1[2H]. The van der Waals surface area contributed by atoms with Crippen molar-refractivity contribution in [2.75, 3.05) is 0 Å². The molecule has 0 saturated heterocycles. The highest BCUT2D eigenvalue weighted by Crippen LogP contribution is 2.47. The third-order valence-corrected chi connectivity index (χ3v) is 9.36. The van der Waals surface area contributed by atoms with Crippen LogP contribution in [-0.2, 0) is 0 Å². The van der Waals surface area contributed by atoms with Gasteiger partial charge in [-0.15, -0.1) is 0 Å². The number of hydrogen-bond acceptors (Lipinski definition) is 2. The summed E-state index contributed by atoms with van der Waals surface area (Å²) in [7, 11) is 0. The Labute approximate surface area is 284 Å². The zero-order valence-corrected chi connectivity index (χ0v) is 25.6. The minimum atomic E-state index is -0.409. The molecule has 2 heteroatoms. The van der Waals surface area contributed by atoms with Gasteiger partial charge in [-0.25, -0.2) is 0 Å². The Balaban J connectivity index is 1.23. The van der Waals surface area contributed by atoms with Crippen molar-refractivity contribution in [2.45, 2.75) is 0 Å². The average Bonchev–Trinajstić information content (AvgIpc) is 3.81. The Morgan fingerprint density at radius 3 is 1.81 bits per heavy atom. The third-order valence-electron chi connectivity index (χ3n) is 9.36. The first-order chi connectivity index (χ1) is 25.9. The summed E-state index contributed by atoms with van der Waals surface area (Å²) in [4.78, 5) is 0. The van der Waals surface area contributed by atoms with E-state index in [1.54, 1.807) is 0 Å². The van der Waals surface area contributed by atoms with Gasteiger partial charge >= 0.3 is 0 Å². The molecule has 48 heavy (non-hydrogen) atoms. The predicted octanol–water partition coefficient (Wildman–Crippen LogP) is 13.3. The van der Waals surface area contributed by atoms with Crippen LogP contribution in [0.15, 0.2) is 179 Å². The number of furan rings is 2. The highest BCUT2D eigenvalue weighted by molar-refractivity contribution is 6.26. The fourth-order valence-electron chi connectivity index (χ4n) is 7.30. The molecule has 10 rings (SSSR count). The van der Waals surface area contributed by atoms with E-state index < -0.39 is 6.04 Å². The van der Waals surface area contributed by atoms with Crippen LogP contribution in [-0.4, -0.2) is 0 Å². The molecule has 0 spiro atoms. The van der Waals surface area contributed by atoms with Crippen LogP contribution < -0.4 is 0 Å². The number of fused-ring (bicyclic) bond motifs is 6. The fraction of sp³-hybridized carbons (Fsp3) is 0. The molecule has 0 radical (unpaired) electrons. The van der Waals surface area contributed by atoms with Gasteiger partial charge in [-0.2, -0.15) is 0 Å². The van der Waals surface area contributed by atoms with Gasteiger partial charge in [0.15, 0.2) is 0 Å². The molecule has 0 aliphatic rings. The lowest BCUT2D eigenvalue weighted by molar-refractivity contribution is 0.631. The number of hydrogen-bond donors (Lipinski definition) is 0. The van der Waals surface area contributed by atoms with Crippen molar-refractivity contribution in [2.24, 2.45) is 0 Å². The normalized spacial score (nSPS) is 13.2. The van der Waals surface area contributed by atoms with Crippen LogP contribution in [0.25, 0.3) is 99.2 Å². The van der Waals surface area contributed by atoms with Crippen LogP contribution in [0.3, 0.4) is 0 Å². The Morgan fingerprint density at radius 2 is 1.06 bits per heavy atom. The molecule has 0 fully saturated rings. The largest absolute Gasteiger partial charge is 0.456 e. The van der Waals surface area contributed by atoms with E-state index in [0.29, 0.717) is 5.56 Å². The first-order valence-corrected chi connectivity index (χ1v) is 15.9. The van der Waals surface area contributed by atoms with Crippen LogP contribution >= 0.6 is 0 Å².